The first-order valence-corrected chi connectivity index (χ1v) is 4.96. The molecule has 1 aromatic carbocycles. The average molecular weight is 262 g/mol. The molecule has 0 fully saturated rings. The third kappa shape index (κ3) is 2.97. The third-order valence-corrected chi connectivity index (χ3v) is 1.69. The fourth-order valence-electron chi connectivity index (χ4n) is 0.815. The maximum Gasteiger partial charge on any atom is 0.315 e. The topological polar surface area (TPSA) is 61.6 Å². The largest absolute Gasteiger partial charge is 0.330 e. The van der Waals surface area contributed by atoms with Gasteiger partial charge in [0.15, 0.2) is 0 Å². The lowest BCUT2D eigenvalue weighted by atomic mass is 10.3. The molecule has 0 unspecified atom stereocenters. The number of alkyl halides is 1. The predicted octanol–water partition coefficient (Wildman–Crippen LogP) is 2.30. The van der Waals surface area contributed by atoms with E-state index in [0.717, 1.165) is 0 Å². The van der Waals surface area contributed by atoms with Crippen LogP contribution in [0.15, 0.2) is 24.3 Å². The summed E-state index contributed by atoms with van der Waals surface area (Å²) in [6.07, 6.45) is 0. The van der Waals surface area contributed by atoms with E-state index in [2.05, 4.69) is 15.9 Å². The Morgan fingerprint density at radius 3 is 2.79 bits per heavy atom. The van der Waals surface area contributed by atoms with Crippen LogP contribution in [0, 0.1) is 10.1 Å². The molecule has 0 atom stereocenters. The Morgan fingerprint density at radius 1 is 1.43 bits per heavy atom. The Labute approximate surface area is 88.8 Å². The van der Waals surface area contributed by atoms with E-state index in [9.17, 15) is 10.1 Å². The zero-order valence-electron chi connectivity index (χ0n) is 7.18. The molecule has 0 N–H and O–H groups in total. The molecular formula is C8H8BrNO4. The summed E-state index contributed by atoms with van der Waals surface area (Å²) in [6.45, 7) is 0.325. The van der Waals surface area contributed by atoms with Crippen molar-refractivity contribution in [1.29, 1.82) is 0 Å². The van der Waals surface area contributed by atoms with Crippen molar-refractivity contribution in [3.63, 3.8) is 0 Å². The molecule has 0 saturated heterocycles. The van der Waals surface area contributed by atoms with Gasteiger partial charge < -0.3 is 4.89 Å². The normalized spacial score (nSPS) is 9.79. The average Bonchev–Trinajstić information content (AvgIpc) is 2.19. The number of hydrogen-bond donors (Lipinski definition) is 0. The van der Waals surface area contributed by atoms with Crippen molar-refractivity contribution in [2.45, 2.75) is 0 Å². The molecule has 76 valence electrons. The standard InChI is InChI=1S/C8H8BrNO4/c9-5-6-13-14-8-4-2-1-3-7(8)10(11)12/h1-4H,5-6H2. The molecule has 5 nitrogen and oxygen atoms in total. The van der Waals surface area contributed by atoms with Crippen LogP contribution >= 0.6 is 15.9 Å². The van der Waals surface area contributed by atoms with Crippen LogP contribution in [0.25, 0.3) is 0 Å². The maximum atomic E-state index is 10.5. The zero-order valence-corrected chi connectivity index (χ0v) is 8.77. The molecule has 14 heavy (non-hydrogen) atoms. The first kappa shape index (κ1) is 10.9. The van der Waals surface area contributed by atoms with Gasteiger partial charge in [-0.15, -0.1) is 0 Å². The molecule has 0 bridgehead atoms. The molecule has 0 aromatic heterocycles. The molecule has 6 heteroatoms. The Morgan fingerprint density at radius 2 is 2.14 bits per heavy atom. The van der Waals surface area contributed by atoms with Gasteiger partial charge in [-0.2, -0.15) is 4.89 Å². The van der Waals surface area contributed by atoms with Crippen molar-refractivity contribution >= 4 is 21.6 Å². The second kappa shape index (κ2) is 5.56. The van der Waals surface area contributed by atoms with E-state index in [1.807, 2.05) is 0 Å². The summed E-state index contributed by atoms with van der Waals surface area (Å²) >= 11 is 3.13. The molecule has 0 saturated carbocycles. The Bertz CT molecular complexity index is 318. The van der Waals surface area contributed by atoms with Gasteiger partial charge in [-0.3, -0.25) is 10.1 Å². The van der Waals surface area contributed by atoms with Gasteiger partial charge in [0.05, 0.1) is 4.92 Å². The maximum absolute atomic E-state index is 10.5. The molecule has 0 radical (unpaired) electrons. The minimum Gasteiger partial charge on any atom is -0.330 e. The van der Waals surface area contributed by atoms with Crippen molar-refractivity contribution in [1.82, 2.24) is 0 Å². The number of nitro benzene ring substituents is 1. The van der Waals surface area contributed by atoms with E-state index in [0.29, 0.717) is 11.9 Å². The minimum atomic E-state index is -0.521. The highest BCUT2D eigenvalue weighted by molar-refractivity contribution is 9.09. The quantitative estimate of drug-likeness (QED) is 0.268. The van der Waals surface area contributed by atoms with Crippen LogP contribution in [-0.4, -0.2) is 16.9 Å². The fraction of sp³-hybridized carbons (Fsp3) is 0.250. The van der Waals surface area contributed by atoms with Gasteiger partial charge in [0, 0.05) is 11.4 Å². The Hall–Kier alpha value is -1.14. The first-order chi connectivity index (χ1) is 6.75. The fourth-order valence-corrected chi connectivity index (χ4v) is 0.947. The highest BCUT2D eigenvalue weighted by Crippen LogP contribution is 2.25. The molecule has 0 amide bonds. The first-order valence-electron chi connectivity index (χ1n) is 3.84. The van der Waals surface area contributed by atoms with Gasteiger partial charge in [0.2, 0.25) is 5.75 Å². The van der Waals surface area contributed by atoms with Crippen molar-refractivity contribution < 1.29 is 14.7 Å². The molecule has 0 aliphatic rings. The second-order valence-electron chi connectivity index (χ2n) is 2.32. The van der Waals surface area contributed by atoms with Crippen LogP contribution in [-0.2, 0) is 4.89 Å². The van der Waals surface area contributed by atoms with Crippen molar-refractivity contribution in [2.75, 3.05) is 11.9 Å². The van der Waals surface area contributed by atoms with E-state index < -0.39 is 4.92 Å². The Kier molecular flexibility index (Phi) is 4.34. The van der Waals surface area contributed by atoms with Crippen LogP contribution in [0.1, 0.15) is 0 Å². The van der Waals surface area contributed by atoms with Gasteiger partial charge in [-0.25, -0.2) is 0 Å². The lowest BCUT2D eigenvalue weighted by Crippen LogP contribution is -2.02. The third-order valence-electron chi connectivity index (χ3n) is 1.37. The summed E-state index contributed by atoms with van der Waals surface area (Å²) in [5, 5.41) is 11.1. The van der Waals surface area contributed by atoms with E-state index in [-0.39, 0.29) is 11.4 Å². The van der Waals surface area contributed by atoms with Crippen LogP contribution in [0.5, 0.6) is 5.75 Å². The van der Waals surface area contributed by atoms with Gasteiger partial charge in [0.1, 0.15) is 6.61 Å². The van der Waals surface area contributed by atoms with E-state index in [1.165, 1.54) is 12.1 Å². The van der Waals surface area contributed by atoms with Crippen molar-refractivity contribution in [3.8, 4) is 5.75 Å². The van der Waals surface area contributed by atoms with E-state index in [4.69, 9.17) is 9.78 Å². The number of hydrogen-bond acceptors (Lipinski definition) is 4. The summed E-state index contributed by atoms with van der Waals surface area (Å²) in [5.74, 6) is 0.110. The van der Waals surface area contributed by atoms with Crippen molar-refractivity contribution in [3.05, 3.63) is 34.4 Å². The van der Waals surface area contributed by atoms with Gasteiger partial charge in [-0.1, -0.05) is 28.1 Å². The number of rotatable bonds is 5. The monoisotopic (exact) mass is 261 g/mol. The summed E-state index contributed by atoms with van der Waals surface area (Å²) in [7, 11) is 0. The van der Waals surface area contributed by atoms with Gasteiger partial charge in [0.25, 0.3) is 0 Å². The van der Waals surface area contributed by atoms with E-state index >= 15 is 0 Å². The smallest absolute Gasteiger partial charge is 0.315 e. The summed E-state index contributed by atoms with van der Waals surface area (Å²) in [4.78, 5) is 19.5. The summed E-state index contributed by atoms with van der Waals surface area (Å²) < 4.78 is 0. The number of nitro groups is 1. The number of nitrogens with zero attached hydrogens (tertiary/aromatic N) is 1. The molecule has 1 rings (SSSR count). The molecule has 0 spiro atoms. The summed E-state index contributed by atoms with van der Waals surface area (Å²) in [6, 6.07) is 6.04. The van der Waals surface area contributed by atoms with Gasteiger partial charge in [-0.05, 0) is 6.07 Å². The molecule has 0 heterocycles. The second-order valence-corrected chi connectivity index (χ2v) is 3.11. The minimum absolute atomic E-state index is 0.109. The molecule has 1 aromatic rings. The number of benzene rings is 1. The molecule has 0 aliphatic heterocycles. The SMILES string of the molecule is O=[N+]([O-])c1ccccc1OOCCBr. The Balaban J connectivity index is 2.69. The zero-order chi connectivity index (χ0) is 10.4. The number of para-hydroxylation sites is 2. The molecular weight excluding hydrogens is 254 g/mol. The highest BCUT2D eigenvalue weighted by Gasteiger charge is 2.14. The highest BCUT2D eigenvalue weighted by atomic mass is 79.9. The summed E-state index contributed by atoms with van der Waals surface area (Å²) in [5.41, 5.74) is -0.109. The van der Waals surface area contributed by atoms with Crippen LogP contribution in [0.4, 0.5) is 5.69 Å². The number of halogens is 1. The molecule has 0 aliphatic carbocycles. The lowest BCUT2D eigenvalue weighted by Gasteiger charge is -2.03. The van der Waals surface area contributed by atoms with Crippen molar-refractivity contribution in [2.24, 2.45) is 0 Å². The predicted molar refractivity (Wildman–Crippen MR) is 53.5 cm³/mol. The van der Waals surface area contributed by atoms with Crippen LogP contribution < -0.4 is 4.89 Å². The van der Waals surface area contributed by atoms with Crippen LogP contribution in [0.2, 0.25) is 0 Å². The van der Waals surface area contributed by atoms with E-state index in [1.54, 1.807) is 12.1 Å². The van der Waals surface area contributed by atoms with Gasteiger partial charge >= 0.3 is 5.69 Å². The van der Waals surface area contributed by atoms with Crippen LogP contribution in [0.3, 0.4) is 0 Å². The lowest BCUT2D eigenvalue weighted by molar-refractivity contribution is -0.388.